The highest BCUT2D eigenvalue weighted by Gasteiger charge is 2.00. The lowest BCUT2D eigenvalue weighted by Gasteiger charge is -1.93. The van der Waals surface area contributed by atoms with Crippen molar-refractivity contribution in [2.24, 2.45) is 5.73 Å². The molecule has 0 amide bonds. The van der Waals surface area contributed by atoms with Crippen LogP contribution in [0.3, 0.4) is 0 Å². The van der Waals surface area contributed by atoms with Crippen LogP contribution >= 0.6 is 35.0 Å². The molecular weight excluding hydrogens is 300 g/mol. The molecule has 5 heteroatoms. The minimum Gasteiger partial charge on any atom is -0.325 e. The van der Waals surface area contributed by atoms with Crippen LogP contribution in [-0.4, -0.2) is 9.38 Å². The Morgan fingerprint density at radius 3 is 2.85 bits per heavy atom. The molecule has 0 aliphatic rings. The van der Waals surface area contributed by atoms with Crippen molar-refractivity contribution in [2.45, 2.75) is 6.54 Å². The molecule has 0 unspecified atom stereocenters. The van der Waals surface area contributed by atoms with Crippen LogP contribution in [0, 0.1) is 3.70 Å². The van der Waals surface area contributed by atoms with E-state index in [1.807, 2.05) is 28.8 Å². The van der Waals surface area contributed by atoms with E-state index >= 15 is 0 Å². The first-order chi connectivity index (χ1) is 5.81. The molecule has 70 valence electrons. The van der Waals surface area contributed by atoms with E-state index in [0.29, 0.717) is 6.54 Å². The smallest absolute Gasteiger partial charge is 0.137 e. The van der Waals surface area contributed by atoms with Gasteiger partial charge >= 0.3 is 0 Å². The molecule has 2 N–H and O–H groups in total. The summed E-state index contributed by atoms with van der Waals surface area (Å²) >= 11 is 2.27. The summed E-state index contributed by atoms with van der Waals surface area (Å²) in [5.41, 5.74) is 7.38. The van der Waals surface area contributed by atoms with Gasteiger partial charge in [0.1, 0.15) is 5.65 Å². The number of hydrogen-bond donors (Lipinski definition) is 1. The molecule has 0 aliphatic carbocycles. The van der Waals surface area contributed by atoms with Gasteiger partial charge in [0, 0.05) is 12.7 Å². The van der Waals surface area contributed by atoms with Crippen LogP contribution in [0.25, 0.3) is 5.65 Å². The Hall–Kier alpha value is -0.330. The van der Waals surface area contributed by atoms with Crippen molar-refractivity contribution in [2.75, 3.05) is 0 Å². The largest absolute Gasteiger partial charge is 0.325 e. The Balaban J connectivity index is 0.000000845. The first-order valence-corrected chi connectivity index (χ1v) is 4.71. The topological polar surface area (TPSA) is 43.3 Å². The molecule has 0 bridgehead atoms. The number of hydrogen-bond acceptors (Lipinski definition) is 2. The molecule has 0 atom stereocenters. The zero-order valence-electron chi connectivity index (χ0n) is 6.77. The van der Waals surface area contributed by atoms with Crippen LogP contribution in [-0.2, 0) is 6.54 Å². The van der Waals surface area contributed by atoms with Gasteiger partial charge in [-0.25, -0.2) is 4.98 Å². The summed E-state index contributed by atoms with van der Waals surface area (Å²) in [6.07, 6.45) is 1.97. The standard InChI is InChI=1S/C8H8IN3.ClH/c9-7-2-1-3-8-11-6(4-10)5-12(7)8;/h1-3,5H,4,10H2;1H. The van der Waals surface area contributed by atoms with Crippen LogP contribution in [0.2, 0.25) is 0 Å². The molecule has 13 heavy (non-hydrogen) atoms. The predicted octanol–water partition coefficient (Wildman–Crippen LogP) is 1.82. The predicted molar refractivity (Wildman–Crippen MR) is 63.0 cm³/mol. The molecule has 0 saturated carbocycles. The van der Waals surface area contributed by atoms with Crippen molar-refractivity contribution in [1.29, 1.82) is 0 Å². The molecule has 2 heterocycles. The summed E-state index contributed by atoms with van der Waals surface area (Å²) < 4.78 is 3.18. The maximum Gasteiger partial charge on any atom is 0.137 e. The normalized spacial score (nSPS) is 10.0. The quantitative estimate of drug-likeness (QED) is 0.645. The van der Waals surface area contributed by atoms with Crippen LogP contribution in [0.4, 0.5) is 0 Å². The number of aromatic nitrogens is 2. The molecule has 2 rings (SSSR count). The zero-order valence-corrected chi connectivity index (χ0v) is 9.75. The maximum absolute atomic E-state index is 5.49. The third-order valence-corrected chi connectivity index (χ3v) is 2.58. The average molecular weight is 310 g/mol. The zero-order chi connectivity index (χ0) is 8.55. The van der Waals surface area contributed by atoms with Gasteiger partial charge in [-0.05, 0) is 34.7 Å². The molecule has 0 aliphatic heterocycles. The van der Waals surface area contributed by atoms with Gasteiger partial charge in [0.2, 0.25) is 0 Å². The third kappa shape index (κ3) is 1.95. The lowest BCUT2D eigenvalue weighted by atomic mass is 10.5. The first-order valence-electron chi connectivity index (χ1n) is 3.64. The number of fused-ring (bicyclic) bond motifs is 1. The number of nitrogens with zero attached hydrogens (tertiary/aromatic N) is 2. The fourth-order valence-electron chi connectivity index (χ4n) is 1.13. The fraction of sp³-hybridized carbons (Fsp3) is 0.125. The molecule has 3 nitrogen and oxygen atoms in total. The first kappa shape index (κ1) is 10.7. The van der Waals surface area contributed by atoms with Crippen molar-refractivity contribution in [1.82, 2.24) is 9.38 Å². The number of pyridine rings is 1. The van der Waals surface area contributed by atoms with Crippen LogP contribution < -0.4 is 5.73 Å². The SMILES string of the molecule is Cl.NCc1cn2c(I)cccc2n1. The Bertz CT molecular complexity index is 413. The third-order valence-electron chi connectivity index (χ3n) is 1.70. The van der Waals surface area contributed by atoms with Crippen molar-refractivity contribution in [3.8, 4) is 0 Å². The van der Waals surface area contributed by atoms with Gasteiger partial charge in [-0.15, -0.1) is 12.4 Å². The maximum atomic E-state index is 5.49. The molecule has 0 saturated heterocycles. The number of halogens is 2. The summed E-state index contributed by atoms with van der Waals surface area (Å²) in [4.78, 5) is 4.33. The van der Waals surface area contributed by atoms with Gasteiger partial charge in [0.25, 0.3) is 0 Å². The van der Waals surface area contributed by atoms with Gasteiger partial charge in [-0.3, -0.25) is 4.40 Å². The van der Waals surface area contributed by atoms with E-state index in [9.17, 15) is 0 Å². The highest BCUT2D eigenvalue weighted by atomic mass is 127. The van der Waals surface area contributed by atoms with Gasteiger partial charge in [0.05, 0.1) is 9.39 Å². The Morgan fingerprint density at radius 2 is 2.23 bits per heavy atom. The van der Waals surface area contributed by atoms with E-state index in [4.69, 9.17) is 5.73 Å². The lowest BCUT2D eigenvalue weighted by Crippen LogP contribution is -1.95. The Labute approximate surface area is 95.9 Å². The lowest BCUT2D eigenvalue weighted by molar-refractivity contribution is 1.01. The monoisotopic (exact) mass is 309 g/mol. The Morgan fingerprint density at radius 1 is 1.46 bits per heavy atom. The van der Waals surface area contributed by atoms with E-state index in [1.54, 1.807) is 0 Å². The summed E-state index contributed by atoms with van der Waals surface area (Å²) in [6, 6.07) is 6.00. The minimum absolute atomic E-state index is 0. The van der Waals surface area contributed by atoms with Crippen LogP contribution in [0.5, 0.6) is 0 Å². The number of nitrogens with two attached hydrogens (primary N) is 1. The van der Waals surface area contributed by atoms with Gasteiger partial charge in [-0.2, -0.15) is 0 Å². The van der Waals surface area contributed by atoms with Crippen molar-refractivity contribution >= 4 is 40.6 Å². The molecule has 0 spiro atoms. The second-order valence-corrected chi connectivity index (χ2v) is 3.62. The van der Waals surface area contributed by atoms with Crippen molar-refractivity contribution in [3.63, 3.8) is 0 Å². The van der Waals surface area contributed by atoms with Gasteiger partial charge in [0.15, 0.2) is 0 Å². The second-order valence-electron chi connectivity index (χ2n) is 2.51. The average Bonchev–Trinajstić information content (AvgIpc) is 2.49. The van der Waals surface area contributed by atoms with Gasteiger partial charge < -0.3 is 5.73 Å². The van der Waals surface area contributed by atoms with E-state index in [-0.39, 0.29) is 12.4 Å². The molecule has 0 aromatic carbocycles. The molecule has 0 radical (unpaired) electrons. The molecule has 2 aromatic rings. The van der Waals surface area contributed by atoms with Crippen LogP contribution in [0.15, 0.2) is 24.4 Å². The van der Waals surface area contributed by atoms with E-state index < -0.39 is 0 Å². The number of rotatable bonds is 1. The van der Waals surface area contributed by atoms with Crippen molar-refractivity contribution < 1.29 is 0 Å². The van der Waals surface area contributed by atoms with Crippen LogP contribution in [0.1, 0.15) is 5.69 Å². The van der Waals surface area contributed by atoms with Gasteiger partial charge in [-0.1, -0.05) is 6.07 Å². The summed E-state index contributed by atoms with van der Waals surface area (Å²) in [7, 11) is 0. The van der Waals surface area contributed by atoms with E-state index in [1.165, 1.54) is 0 Å². The Kier molecular flexibility index (Phi) is 3.52. The highest BCUT2D eigenvalue weighted by molar-refractivity contribution is 14.1. The molecule has 0 fully saturated rings. The van der Waals surface area contributed by atoms with E-state index in [2.05, 4.69) is 27.6 Å². The number of imidazole rings is 1. The van der Waals surface area contributed by atoms with E-state index in [0.717, 1.165) is 15.0 Å². The summed E-state index contributed by atoms with van der Waals surface area (Å²) in [6.45, 7) is 0.498. The van der Waals surface area contributed by atoms with Crippen molar-refractivity contribution in [3.05, 3.63) is 33.8 Å². The summed E-state index contributed by atoms with van der Waals surface area (Å²) in [5, 5.41) is 0. The molecule has 2 aromatic heterocycles. The summed E-state index contributed by atoms with van der Waals surface area (Å²) in [5.74, 6) is 0. The minimum atomic E-state index is 0. The molecular formula is C8H9ClIN3. The second kappa shape index (κ2) is 4.26. The fourth-order valence-corrected chi connectivity index (χ4v) is 1.72. The highest BCUT2D eigenvalue weighted by Crippen LogP contribution is 2.10.